The van der Waals surface area contributed by atoms with Gasteiger partial charge in [0.15, 0.2) is 0 Å². The molecule has 48 valence electrons. The molecule has 0 amide bonds. The molecule has 1 aromatic heterocycles. The van der Waals surface area contributed by atoms with E-state index in [-0.39, 0.29) is 0 Å². The zero-order chi connectivity index (χ0) is 6.97. The topological polar surface area (TPSA) is 28.7 Å². The third-order valence-corrected chi connectivity index (χ3v) is 1.52. The molecule has 0 aliphatic heterocycles. The van der Waals surface area contributed by atoms with Gasteiger partial charge >= 0.3 is 0 Å². The number of hydrogen-bond acceptors (Lipinski definition) is 1. The summed E-state index contributed by atoms with van der Waals surface area (Å²) in [6, 6.07) is 5.70. The molecule has 0 atom stereocenters. The van der Waals surface area contributed by atoms with Gasteiger partial charge in [-0.2, -0.15) is 5.10 Å². The van der Waals surface area contributed by atoms with E-state index in [4.69, 9.17) is 6.92 Å². The molecule has 0 aliphatic rings. The maximum Gasteiger partial charge on any atom is 0.0653 e. The van der Waals surface area contributed by atoms with Crippen molar-refractivity contribution in [3.05, 3.63) is 36.9 Å². The van der Waals surface area contributed by atoms with Gasteiger partial charge in [0.1, 0.15) is 0 Å². The SMILES string of the molecule is [CH]c1cccc2[nH]ncc12. The minimum Gasteiger partial charge on any atom is -0.278 e. The van der Waals surface area contributed by atoms with Gasteiger partial charge < -0.3 is 0 Å². The highest BCUT2D eigenvalue weighted by atomic mass is 15.1. The first-order chi connectivity index (χ1) is 4.88. The van der Waals surface area contributed by atoms with Gasteiger partial charge in [-0.3, -0.25) is 5.10 Å². The number of nitrogens with zero attached hydrogens (tertiary/aromatic N) is 1. The quantitative estimate of drug-likeness (QED) is 0.576. The summed E-state index contributed by atoms with van der Waals surface area (Å²) >= 11 is 0. The van der Waals surface area contributed by atoms with Crippen LogP contribution in [0.1, 0.15) is 5.56 Å². The van der Waals surface area contributed by atoms with E-state index in [1.54, 1.807) is 6.20 Å². The third-order valence-electron chi connectivity index (χ3n) is 1.52. The Labute approximate surface area is 58.9 Å². The predicted molar refractivity (Wildman–Crippen MR) is 39.5 cm³/mol. The first-order valence-corrected chi connectivity index (χ1v) is 3.05. The molecular weight excluding hydrogens is 124 g/mol. The highest BCUT2D eigenvalue weighted by Crippen LogP contribution is 2.13. The van der Waals surface area contributed by atoms with Crippen LogP contribution >= 0.6 is 0 Å². The van der Waals surface area contributed by atoms with Gasteiger partial charge in [0.25, 0.3) is 0 Å². The summed E-state index contributed by atoms with van der Waals surface area (Å²) in [5.41, 5.74) is 1.76. The van der Waals surface area contributed by atoms with Crippen LogP contribution < -0.4 is 0 Å². The summed E-state index contributed by atoms with van der Waals surface area (Å²) < 4.78 is 0. The smallest absolute Gasteiger partial charge is 0.0653 e. The maximum absolute atomic E-state index is 5.64. The number of benzene rings is 1. The average molecular weight is 130 g/mol. The van der Waals surface area contributed by atoms with Crippen LogP contribution in [0.25, 0.3) is 10.9 Å². The summed E-state index contributed by atoms with van der Waals surface area (Å²) in [7, 11) is 0. The van der Waals surface area contributed by atoms with Crippen molar-refractivity contribution >= 4 is 10.9 Å². The normalized spacial score (nSPS) is 10.5. The number of aromatic nitrogens is 2. The van der Waals surface area contributed by atoms with E-state index in [9.17, 15) is 0 Å². The number of rotatable bonds is 0. The lowest BCUT2D eigenvalue weighted by molar-refractivity contribution is 1.12. The van der Waals surface area contributed by atoms with Gasteiger partial charge in [0.2, 0.25) is 0 Å². The van der Waals surface area contributed by atoms with Gasteiger partial charge in [0, 0.05) is 5.39 Å². The second-order valence-corrected chi connectivity index (χ2v) is 2.18. The molecule has 2 heteroatoms. The van der Waals surface area contributed by atoms with Crippen LogP contribution in [-0.2, 0) is 0 Å². The van der Waals surface area contributed by atoms with Crippen molar-refractivity contribution in [2.45, 2.75) is 0 Å². The zero-order valence-corrected chi connectivity index (χ0v) is 5.33. The summed E-state index contributed by atoms with van der Waals surface area (Å²) in [6.45, 7) is 5.64. The minimum atomic E-state index is 0.770. The van der Waals surface area contributed by atoms with Crippen LogP contribution in [0.2, 0.25) is 0 Å². The summed E-state index contributed by atoms with van der Waals surface area (Å²) in [4.78, 5) is 0. The first kappa shape index (κ1) is 5.47. The standard InChI is InChI=1S/C8H6N2/c1-6-3-2-4-8-7(6)5-9-10-8/h1-5H,(H,9,10). The summed E-state index contributed by atoms with van der Waals surface area (Å²) in [5, 5.41) is 7.68. The average Bonchev–Trinajstić information content (AvgIpc) is 2.36. The summed E-state index contributed by atoms with van der Waals surface area (Å²) in [6.07, 6.45) is 1.73. The van der Waals surface area contributed by atoms with E-state index in [1.807, 2.05) is 18.2 Å². The molecule has 0 fully saturated rings. The largest absolute Gasteiger partial charge is 0.278 e. The van der Waals surface area contributed by atoms with E-state index >= 15 is 0 Å². The highest BCUT2D eigenvalue weighted by Gasteiger charge is 1.95. The molecule has 1 heterocycles. The molecule has 2 nitrogen and oxygen atoms in total. The molecule has 10 heavy (non-hydrogen) atoms. The fraction of sp³-hybridized carbons (Fsp3) is 0. The Morgan fingerprint density at radius 3 is 3.10 bits per heavy atom. The Bertz CT molecular complexity index is 349. The van der Waals surface area contributed by atoms with E-state index in [0.29, 0.717) is 0 Å². The van der Waals surface area contributed by atoms with E-state index in [1.165, 1.54) is 0 Å². The summed E-state index contributed by atoms with van der Waals surface area (Å²) in [5.74, 6) is 0. The van der Waals surface area contributed by atoms with Crippen LogP contribution in [0.15, 0.2) is 24.4 Å². The third kappa shape index (κ3) is 0.620. The second-order valence-electron chi connectivity index (χ2n) is 2.18. The molecule has 0 spiro atoms. The Morgan fingerprint density at radius 1 is 1.40 bits per heavy atom. The van der Waals surface area contributed by atoms with Crippen molar-refractivity contribution in [2.75, 3.05) is 0 Å². The van der Waals surface area contributed by atoms with Gasteiger partial charge in [-0.1, -0.05) is 12.1 Å². The van der Waals surface area contributed by atoms with Crippen LogP contribution in [0.5, 0.6) is 0 Å². The molecule has 2 radical (unpaired) electrons. The molecule has 0 aliphatic carbocycles. The number of H-pyrrole nitrogens is 1. The van der Waals surface area contributed by atoms with Crippen molar-refractivity contribution in [3.8, 4) is 0 Å². The molecule has 0 unspecified atom stereocenters. The van der Waals surface area contributed by atoms with Crippen molar-refractivity contribution in [3.63, 3.8) is 0 Å². The van der Waals surface area contributed by atoms with Crippen LogP contribution in [0, 0.1) is 6.92 Å². The fourth-order valence-corrected chi connectivity index (χ4v) is 0.991. The molecule has 2 rings (SSSR count). The molecule has 2 aromatic rings. The first-order valence-electron chi connectivity index (χ1n) is 3.05. The van der Waals surface area contributed by atoms with Gasteiger partial charge in [-0.05, 0) is 18.6 Å². The number of aromatic amines is 1. The Morgan fingerprint density at radius 2 is 2.30 bits per heavy atom. The molecular formula is C8H6N2. The van der Waals surface area contributed by atoms with Crippen LogP contribution in [0.4, 0.5) is 0 Å². The molecule has 0 saturated carbocycles. The van der Waals surface area contributed by atoms with Crippen molar-refractivity contribution in [1.29, 1.82) is 0 Å². The lowest BCUT2D eigenvalue weighted by Gasteiger charge is -1.90. The zero-order valence-electron chi connectivity index (χ0n) is 5.33. The van der Waals surface area contributed by atoms with Gasteiger partial charge in [0.05, 0.1) is 11.7 Å². The predicted octanol–water partition coefficient (Wildman–Crippen LogP) is 1.62. The van der Waals surface area contributed by atoms with Gasteiger partial charge in [-0.15, -0.1) is 0 Å². The lowest BCUT2D eigenvalue weighted by atomic mass is 10.2. The van der Waals surface area contributed by atoms with Crippen LogP contribution in [-0.4, -0.2) is 10.2 Å². The van der Waals surface area contributed by atoms with E-state index in [0.717, 1.165) is 16.5 Å². The lowest BCUT2D eigenvalue weighted by Crippen LogP contribution is -1.71. The second kappa shape index (κ2) is 1.84. The highest BCUT2D eigenvalue weighted by molar-refractivity contribution is 5.82. The van der Waals surface area contributed by atoms with Crippen molar-refractivity contribution < 1.29 is 0 Å². The molecule has 1 N–H and O–H groups in total. The van der Waals surface area contributed by atoms with Gasteiger partial charge in [-0.25, -0.2) is 0 Å². The number of hydrogen-bond donors (Lipinski definition) is 1. The van der Waals surface area contributed by atoms with Crippen molar-refractivity contribution in [2.24, 2.45) is 0 Å². The van der Waals surface area contributed by atoms with Crippen molar-refractivity contribution in [1.82, 2.24) is 10.2 Å². The molecule has 0 saturated heterocycles. The van der Waals surface area contributed by atoms with Crippen LogP contribution in [0.3, 0.4) is 0 Å². The molecule has 1 aromatic carbocycles. The monoisotopic (exact) mass is 130 g/mol. The minimum absolute atomic E-state index is 0.770. The van der Waals surface area contributed by atoms with E-state index < -0.39 is 0 Å². The fourth-order valence-electron chi connectivity index (χ4n) is 0.991. The Balaban J connectivity index is 2.95. The Hall–Kier alpha value is -1.31. The Kier molecular flexibility index (Phi) is 1.01. The van der Waals surface area contributed by atoms with E-state index in [2.05, 4.69) is 10.2 Å². The number of fused-ring (bicyclic) bond motifs is 1. The molecule has 0 bridgehead atoms. The number of nitrogens with one attached hydrogen (secondary N) is 1. The maximum atomic E-state index is 5.64.